The molecular formula is C24H20N2O3. The van der Waals surface area contributed by atoms with Crippen LogP contribution in [0.1, 0.15) is 33.1 Å². The average Bonchev–Trinajstić information content (AvgIpc) is 3.00. The molecule has 0 radical (unpaired) electrons. The normalized spacial score (nSPS) is 18.9. The zero-order chi connectivity index (χ0) is 20.4. The van der Waals surface area contributed by atoms with Gasteiger partial charge in [-0.2, -0.15) is 0 Å². The van der Waals surface area contributed by atoms with E-state index in [1.165, 1.54) is 4.90 Å². The van der Waals surface area contributed by atoms with Crippen molar-refractivity contribution in [3.05, 3.63) is 101 Å². The highest BCUT2D eigenvalue weighted by atomic mass is 16.2. The quantitative estimate of drug-likeness (QED) is 0.383. The van der Waals surface area contributed by atoms with E-state index in [4.69, 9.17) is 0 Å². The minimum atomic E-state index is -1.07. The molecule has 3 aromatic rings. The first-order valence-electron chi connectivity index (χ1n) is 9.46. The Bertz CT molecular complexity index is 1050. The van der Waals surface area contributed by atoms with E-state index in [1.54, 1.807) is 42.7 Å². The third-order valence-electron chi connectivity index (χ3n) is 5.24. The first kappa shape index (κ1) is 18.7. The van der Waals surface area contributed by atoms with Crippen molar-refractivity contribution in [2.75, 3.05) is 0 Å². The van der Waals surface area contributed by atoms with E-state index in [1.807, 2.05) is 43.3 Å². The molecule has 1 saturated heterocycles. The Morgan fingerprint density at radius 3 is 2.34 bits per heavy atom. The van der Waals surface area contributed by atoms with Crippen LogP contribution in [0.2, 0.25) is 0 Å². The average molecular weight is 384 g/mol. The molecule has 1 aliphatic heterocycles. The maximum atomic E-state index is 13.2. The van der Waals surface area contributed by atoms with E-state index in [0.29, 0.717) is 5.56 Å². The predicted molar refractivity (Wildman–Crippen MR) is 108 cm³/mol. The number of carbonyl (C=O) groups excluding carboxylic acids is 3. The molecule has 0 N–H and O–H groups in total. The number of hydrogen-bond acceptors (Lipinski definition) is 4. The van der Waals surface area contributed by atoms with Crippen LogP contribution >= 0.6 is 0 Å². The highest BCUT2D eigenvalue weighted by Gasteiger charge is 2.51. The number of benzene rings is 2. The molecule has 1 amide bonds. The largest absolute Gasteiger partial charge is 0.323 e. The van der Waals surface area contributed by atoms with Crippen LogP contribution in [0.5, 0.6) is 0 Å². The summed E-state index contributed by atoms with van der Waals surface area (Å²) in [4.78, 5) is 44.7. The number of nitrogens with zero attached hydrogens (tertiary/aromatic N) is 2. The number of amides is 1. The van der Waals surface area contributed by atoms with E-state index in [0.717, 1.165) is 16.7 Å². The Labute approximate surface area is 169 Å². The lowest BCUT2D eigenvalue weighted by atomic mass is 9.86. The van der Waals surface area contributed by atoms with Gasteiger partial charge in [0.2, 0.25) is 5.78 Å². The lowest BCUT2D eigenvalue weighted by molar-refractivity contribution is -0.141. The van der Waals surface area contributed by atoms with Gasteiger partial charge in [0.25, 0.3) is 5.91 Å². The van der Waals surface area contributed by atoms with Gasteiger partial charge in [-0.3, -0.25) is 19.4 Å². The first-order chi connectivity index (χ1) is 14.1. The molecule has 2 heterocycles. The van der Waals surface area contributed by atoms with Crippen LogP contribution < -0.4 is 0 Å². The second-order valence-electron chi connectivity index (χ2n) is 7.22. The summed E-state index contributed by atoms with van der Waals surface area (Å²) in [5.74, 6) is -2.69. The summed E-state index contributed by atoms with van der Waals surface area (Å²) >= 11 is 0. The van der Waals surface area contributed by atoms with Crippen LogP contribution in [0.25, 0.3) is 0 Å². The second-order valence-corrected chi connectivity index (χ2v) is 7.22. The molecule has 144 valence electrons. The monoisotopic (exact) mass is 384 g/mol. The molecule has 0 aliphatic carbocycles. The Hall–Kier alpha value is -3.60. The molecule has 2 aromatic carbocycles. The SMILES string of the molecule is Cc1ccc(C2C(C(=O)c3ccccc3)C(=O)C(=O)N2Cc2cccnc2)cc1. The third kappa shape index (κ3) is 3.59. The van der Waals surface area contributed by atoms with Crippen LogP contribution in [-0.4, -0.2) is 27.4 Å². The summed E-state index contributed by atoms with van der Waals surface area (Å²) in [6, 6.07) is 19.3. The molecule has 29 heavy (non-hydrogen) atoms. The van der Waals surface area contributed by atoms with E-state index in [2.05, 4.69) is 4.98 Å². The molecule has 5 heteroatoms. The molecular weight excluding hydrogens is 364 g/mol. The van der Waals surface area contributed by atoms with Crippen LogP contribution in [0.4, 0.5) is 0 Å². The molecule has 1 fully saturated rings. The van der Waals surface area contributed by atoms with Crippen LogP contribution in [0.3, 0.4) is 0 Å². The molecule has 5 nitrogen and oxygen atoms in total. The Balaban J connectivity index is 1.78. The summed E-state index contributed by atoms with van der Waals surface area (Å²) in [7, 11) is 0. The number of carbonyl (C=O) groups is 3. The zero-order valence-electron chi connectivity index (χ0n) is 16.0. The van der Waals surface area contributed by atoms with Crippen molar-refractivity contribution >= 4 is 17.5 Å². The fourth-order valence-corrected chi connectivity index (χ4v) is 3.76. The molecule has 1 aromatic heterocycles. The van der Waals surface area contributed by atoms with Crippen molar-refractivity contribution in [3.8, 4) is 0 Å². The fourth-order valence-electron chi connectivity index (χ4n) is 3.76. The molecule has 0 bridgehead atoms. The summed E-state index contributed by atoms with van der Waals surface area (Å²) < 4.78 is 0. The van der Waals surface area contributed by atoms with Gasteiger partial charge in [0.15, 0.2) is 5.78 Å². The minimum absolute atomic E-state index is 0.218. The Morgan fingerprint density at radius 1 is 0.966 bits per heavy atom. The smallest absolute Gasteiger partial charge is 0.291 e. The predicted octanol–water partition coefficient (Wildman–Crippen LogP) is 3.54. The number of rotatable bonds is 5. The van der Waals surface area contributed by atoms with Crippen molar-refractivity contribution in [1.29, 1.82) is 0 Å². The zero-order valence-corrected chi connectivity index (χ0v) is 16.0. The number of Topliss-reactive ketones (excluding diaryl/α,β-unsaturated/α-hetero) is 2. The van der Waals surface area contributed by atoms with Gasteiger partial charge in [0.1, 0.15) is 5.92 Å². The molecule has 0 saturated carbocycles. The number of ketones is 2. The molecule has 2 atom stereocenters. The van der Waals surface area contributed by atoms with Gasteiger partial charge in [-0.05, 0) is 24.1 Å². The van der Waals surface area contributed by atoms with E-state index in [9.17, 15) is 14.4 Å². The third-order valence-corrected chi connectivity index (χ3v) is 5.24. The first-order valence-corrected chi connectivity index (χ1v) is 9.46. The molecule has 4 rings (SSSR count). The van der Waals surface area contributed by atoms with Crippen molar-refractivity contribution < 1.29 is 14.4 Å². The second kappa shape index (κ2) is 7.80. The van der Waals surface area contributed by atoms with Crippen molar-refractivity contribution in [2.24, 2.45) is 5.92 Å². The Kier molecular flexibility index (Phi) is 5.04. The Morgan fingerprint density at radius 2 is 1.69 bits per heavy atom. The maximum absolute atomic E-state index is 13.2. The summed E-state index contributed by atoms with van der Waals surface area (Å²) in [5.41, 5.74) is 3.07. The van der Waals surface area contributed by atoms with Gasteiger partial charge >= 0.3 is 0 Å². The van der Waals surface area contributed by atoms with Gasteiger partial charge < -0.3 is 4.90 Å². The number of aryl methyl sites for hydroxylation is 1. The van der Waals surface area contributed by atoms with Gasteiger partial charge in [0.05, 0.1) is 6.04 Å². The van der Waals surface area contributed by atoms with Gasteiger partial charge in [-0.25, -0.2) is 0 Å². The van der Waals surface area contributed by atoms with Crippen molar-refractivity contribution in [3.63, 3.8) is 0 Å². The van der Waals surface area contributed by atoms with Crippen LogP contribution in [0.15, 0.2) is 79.1 Å². The lowest BCUT2D eigenvalue weighted by Crippen LogP contribution is -2.30. The molecule has 0 spiro atoms. The van der Waals surface area contributed by atoms with Crippen molar-refractivity contribution in [1.82, 2.24) is 9.88 Å². The maximum Gasteiger partial charge on any atom is 0.291 e. The van der Waals surface area contributed by atoms with E-state index >= 15 is 0 Å². The molecule has 1 aliphatic rings. The summed E-state index contributed by atoms with van der Waals surface area (Å²) in [6.45, 7) is 2.18. The number of likely N-dealkylation sites (tertiary alicyclic amines) is 1. The van der Waals surface area contributed by atoms with Crippen LogP contribution in [0, 0.1) is 12.8 Å². The number of pyridine rings is 1. The highest BCUT2D eigenvalue weighted by Crippen LogP contribution is 2.39. The van der Waals surface area contributed by atoms with E-state index < -0.39 is 23.7 Å². The standard InChI is InChI=1S/C24H20N2O3/c1-16-9-11-18(12-10-16)21-20(22(27)19-7-3-2-4-8-19)23(28)24(29)26(21)15-17-6-5-13-25-14-17/h2-14,20-21H,15H2,1H3. The summed E-state index contributed by atoms with van der Waals surface area (Å²) in [5, 5.41) is 0. The van der Waals surface area contributed by atoms with Gasteiger partial charge in [0, 0.05) is 24.5 Å². The number of aromatic nitrogens is 1. The topological polar surface area (TPSA) is 67.3 Å². The lowest BCUT2D eigenvalue weighted by Gasteiger charge is -2.27. The van der Waals surface area contributed by atoms with Crippen molar-refractivity contribution in [2.45, 2.75) is 19.5 Å². The summed E-state index contributed by atoms with van der Waals surface area (Å²) in [6.07, 6.45) is 3.32. The van der Waals surface area contributed by atoms with Gasteiger partial charge in [-0.1, -0.05) is 66.2 Å². The molecule has 2 unspecified atom stereocenters. The number of hydrogen-bond donors (Lipinski definition) is 0. The fraction of sp³-hybridized carbons (Fsp3) is 0.167. The van der Waals surface area contributed by atoms with E-state index in [-0.39, 0.29) is 12.3 Å². The highest BCUT2D eigenvalue weighted by molar-refractivity contribution is 6.44. The van der Waals surface area contributed by atoms with Gasteiger partial charge in [-0.15, -0.1) is 0 Å². The van der Waals surface area contributed by atoms with Crippen LogP contribution in [-0.2, 0) is 16.1 Å². The minimum Gasteiger partial charge on any atom is -0.323 e.